The Morgan fingerprint density at radius 2 is 1.19 bits per heavy atom. The first-order valence-corrected chi connectivity index (χ1v) is 5.19. The quantitative estimate of drug-likeness (QED) is 0.289. The van der Waals surface area contributed by atoms with Crippen molar-refractivity contribution in [2.45, 2.75) is 30.3 Å². The molecule has 0 unspecified atom stereocenters. The molecule has 0 aliphatic carbocycles. The molecule has 96 valence electrons. The number of nitrogens with zero attached hydrogens (tertiary/aromatic N) is 1. The third-order valence-corrected chi connectivity index (χ3v) is 3.12. The lowest BCUT2D eigenvalue weighted by molar-refractivity contribution is -0.0101. The molecule has 0 saturated carbocycles. The third kappa shape index (κ3) is 2.21. The highest BCUT2D eigenvalue weighted by atomic mass is 16.3. The third-order valence-electron chi connectivity index (χ3n) is 3.12. The van der Waals surface area contributed by atoms with E-state index in [4.69, 9.17) is 20.4 Å². The topological polar surface area (TPSA) is 125 Å². The maximum Gasteiger partial charge on any atom is 0.0992 e. The average molecular weight is 237 g/mol. The largest absolute Gasteiger partial charge is 0.395 e. The molecule has 16 heavy (non-hydrogen) atoms. The van der Waals surface area contributed by atoms with Gasteiger partial charge in [0.1, 0.15) is 0 Å². The fraction of sp³-hybridized carbons (Fsp3) is 1.00. The molecule has 4 atom stereocenters. The molecule has 1 fully saturated rings. The molecule has 1 rings (SSSR count). The Morgan fingerprint density at radius 1 is 0.812 bits per heavy atom. The fourth-order valence-corrected chi connectivity index (χ4v) is 2.25. The van der Waals surface area contributed by atoms with Crippen molar-refractivity contribution in [3.63, 3.8) is 0 Å². The first kappa shape index (κ1) is 13.8. The van der Waals surface area contributed by atoms with Crippen LogP contribution < -0.4 is 0 Å². The summed E-state index contributed by atoms with van der Waals surface area (Å²) in [6.45, 7) is -1.62. The van der Waals surface area contributed by atoms with Crippen LogP contribution in [0.4, 0.5) is 0 Å². The molecule has 0 amide bonds. The van der Waals surface area contributed by atoms with E-state index in [-0.39, 0.29) is 13.2 Å². The Morgan fingerprint density at radius 3 is 1.44 bits per heavy atom. The lowest BCUT2D eigenvalue weighted by Crippen LogP contribution is -2.52. The molecule has 0 bridgehead atoms. The molecule has 1 aliphatic heterocycles. The van der Waals surface area contributed by atoms with Gasteiger partial charge in [-0.2, -0.15) is 0 Å². The average Bonchev–Trinajstić information content (AvgIpc) is 2.53. The number of likely N-dealkylation sites (tertiary alicyclic amines) is 1. The van der Waals surface area contributed by atoms with E-state index in [2.05, 4.69) is 0 Å². The second-order valence-electron chi connectivity index (χ2n) is 3.95. The summed E-state index contributed by atoms with van der Waals surface area (Å²) in [5, 5.41) is 55.6. The van der Waals surface area contributed by atoms with Crippen LogP contribution >= 0.6 is 0 Å². The number of hydrogen-bond donors (Lipinski definition) is 6. The summed E-state index contributed by atoms with van der Waals surface area (Å²) in [5.41, 5.74) is 0. The number of rotatable bonds is 5. The van der Waals surface area contributed by atoms with E-state index < -0.39 is 43.5 Å². The molecule has 1 heterocycles. The lowest BCUT2D eigenvalue weighted by atomic mass is 10.1. The van der Waals surface area contributed by atoms with Crippen LogP contribution in [0.1, 0.15) is 0 Å². The fourth-order valence-electron chi connectivity index (χ4n) is 2.25. The van der Waals surface area contributed by atoms with Crippen LogP contribution in [0.2, 0.25) is 0 Å². The molecule has 0 aromatic carbocycles. The zero-order valence-corrected chi connectivity index (χ0v) is 8.85. The molecular weight excluding hydrogens is 218 g/mol. The number of aliphatic hydroxyl groups excluding tert-OH is 6. The Balaban J connectivity index is 2.91. The predicted molar refractivity (Wildman–Crippen MR) is 53.6 cm³/mol. The summed E-state index contributed by atoms with van der Waals surface area (Å²) in [6.07, 6.45) is -2.41. The number of hydrogen-bond acceptors (Lipinski definition) is 7. The number of aliphatic hydroxyl groups is 6. The van der Waals surface area contributed by atoms with Crippen LogP contribution in [0.3, 0.4) is 0 Å². The normalized spacial score (nSPS) is 36.2. The smallest absolute Gasteiger partial charge is 0.0992 e. The molecule has 0 radical (unpaired) electrons. The van der Waals surface area contributed by atoms with E-state index in [1.165, 1.54) is 4.90 Å². The lowest BCUT2D eigenvalue weighted by Gasteiger charge is -2.34. The highest BCUT2D eigenvalue weighted by Gasteiger charge is 2.49. The summed E-state index contributed by atoms with van der Waals surface area (Å²) in [7, 11) is 0. The van der Waals surface area contributed by atoms with Crippen molar-refractivity contribution in [3.8, 4) is 0 Å². The van der Waals surface area contributed by atoms with Gasteiger partial charge in [-0.05, 0) is 0 Å². The van der Waals surface area contributed by atoms with Gasteiger partial charge in [0.15, 0.2) is 0 Å². The van der Waals surface area contributed by atoms with Crippen molar-refractivity contribution in [2.24, 2.45) is 0 Å². The molecule has 0 spiro atoms. The molecular formula is C9H19NO6. The Hall–Kier alpha value is -0.280. The van der Waals surface area contributed by atoms with Gasteiger partial charge in [-0.15, -0.1) is 0 Å². The van der Waals surface area contributed by atoms with Gasteiger partial charge in [-0.1, -0.05) is 0 Å². The minimum absolute atomic E-state index is 0.386. The molecule has 1 aliphatic rings. The summed E-state index contributed by atoms with van der Waals surface area (Å²) >= 11 is 0. The van der Waals surface area contributed by atoms with Gasteiger partial charge in [0.05, 0.1) is 56.8 Å². The first-order valence-electron chi connectivity index (χ1n) is 5.19. The van der Waals surface area contributed by atoms with Crippen molar-refractivity contribution in [1.82, 2.24) is 4.90 Å². The van der Waals surface area contributed by atoms with Crippen molar-refractivity contribution in [3.05, 3.63) is 0 Å². The van der Waals surface area contributed by atoms with E-state index in [1.54, 1.807) is 0 Å². The molecule has 1 saturated heterocycles. The van der Waals surface area contributed by atoms with Crippen LogP contribution in [0, 0.1) is 0 Å². The van der Waals surface area contributed by atoms with E-state index in [1.807, 2.05) is 0 Å². The van der Waals surface area contributed by atoms with Crippen LogP contribution in [-0.2, 0) is 0 Å². The zero-order valence-electron chi connectivity index (χ0n) is 8.85. The zero-order chi connectivity index (χ0) is 12.3. The Kier molecular flexibility index (Phi) is 5.06. The van der Waals surface area contributed by atoms with E-state index in [0.717, 1.165) is 0 Å². The predicted octanol–water partition coefficient (Wildman–Crippen LogP) is -3.90. The summed E-state index contributed by atoms with van der Waals surface area (Å²) in [6, 6.07) is -2.31. The van der Waals surface area contributed by atoms with Crippen LogP contribution in [0.15, 0.2) is 0 Å². The first-order chi connectivity index (χ1) is 7.62. The van der Waals surface area contributed by atoms with Crippen molar-refractivity contribution < 1.29 is 30.6 Å². The highest BCUT2D eigenvalue weighted by molar-refractivity contribution is 5.02. The van der Waals surface area contributed by atoms with Crippen molar-refractivity contribution in [1.29, 1.82) is 0 Å². The summed E-state index contributed by atoms with van der Waals surface area (Å²) in [4.78, 5) is 1.37. The van der Waals surface area contributed by atoms with Gasteiger partial charge < -0.3 is 30.6 Å². The van der Waals surface area contributed by atoms with Gasteiger partial charge in [0, 0.05) is 0 Å². The second kappa shape index (κ2) is 5.87. The van der Waals surface area contributed by atoms with Crippen LogP contribution in [0.25, 0.3) is 0 Å². The van der Waals surface area contributed by atoms with Gasteiger partial charge >= 0.3 is 0 Å². The summed E-state index contributed by atoms with van der Waals surface area (Å²) in [5.74, 6) is 0. The molecule has 0 aromatic heterocycles. The summed E-state index contributed by atoms with van der Waals surface area (Å²) < 4.78 is 0. The molecule has 0 aromatic rings. The SMILES string of the molecule is OCC(CO)N1[C@H](CO)[C@@H](O)[C@H](O)[C@H]1CO. The van der Waals surface area contributed by atoms with Gasteiger partial charge in [-0.25, -0.2) is 0 Å². The second-order valence-corrected chi connectivity index (χ2v) is 3.95. The van der Waals surface area contributed by atoms with Crippen molar-refractivity contribution in [2.75, 3.05) is 26.4 Å². The minimum Gasteiger partial charge on any atom is -0.395 e. The standard InChI is InChI=1S/C9H19NO6/c11-1-5(2-12)10-6(3-13)8(15)9(16)7(10)4-14/h5-9,11-16H,1-4H2/t6-,7-,8-,9-/m1/s1. The van der Waals surface area contributed by atoms with Crippen LogP contribution in [-0.4, -0.2) is 92.3 Å². The maximum absolute atomic E-state index is 9.64. The monoisotopic (exact) mass is 237 g/mol. The molecule has 7 nitrogen and oxygen atoms in total. The molecule has 7 heteroatoms. The Labute approximate surface area is 93.2 Å². The van der Waals surface area contributed by atoms with Crippen molar-refractivity contribution >= 4 is 0 Å². The minimum atomic E-state index is -1.21. The van der Waals surface area contributed by atoms with Gasteiger partial charge in [0.2, 0.25) is 0 Å². The Bertz CT molecular complexity index is 196. The van der Waals surface area contributed by atoms with Gasteiger partial charge in [0.25, 0.3) is 0 Å². The van der Waals surface area contributed by atoms with Gasteiger partial charge in [-0.3, -0.25) is 4.90 Å². The molecule has 6 N–H and O–H groups in total. The maximum atomic E-state index is 9.64. The van der Waals surface area contributed by atoms with E-state index >= 15 is 0 Å². The van der Waals surface area contributed by atoms with E-state index in [0.29, 0.717) is 0 Å². The van der Waals surface area contributed by atoms with E-state index in [9.17, 15) is 10.2 Å². The highest BCUT2D eigenvalue weighted by Crippen LogP contribution is 2.27. The van der Waals surface area contributed by atoms with Crippen LogP contribution in [0.5, 0.6) is 0 Å².